The van der Waals surface area contributed by atoms with Gasteiger partial charge in [0.05, 0.1) is 0 Å². The fraction of sp³-hybridized carbons (Fsp3) is 0.692. The fourth-order valence-electron chi connectivity index (χ4n) is 2.98. The molecule has 3 atom stereocenters. The Balaban J connectivity index is 1.93. The van der Waals surface area contributed by atoms with E-state index in [1.807, 2.05) is 6.08 Å². The maximum atomic E-state index is 3.79. The van der Waals surface area contributed by atoms with Crippen LogP contribution in [-0.2, 0) is 0 Å². The van der Waals surface area contributed by atoms with Gasteiger partial charge in [0, 0.05) is 0 Å². The molecule has 0 aliphatic heterocycles. The Morgan fingerprint density at radius 2 is 2.46 bits per heavy atom. The molecule has 0 amide bonds. The first-order chi connectivity index (χ1) is 6.31. The van der Waals surface area contributed by atoms with Gasteiger partial charge in [-0.3, -0.25) is 0 Å². The van der Waals surface area contributed by atoms with Crippen LogP contribution in [0.15, 0.2) is 24.3 Å². The molecule has 2 aliphatic carbocycles. The highest BCUT2D eigenvalue weighted by Crippen LogP contribution is 2.46. The molecule has 0 heterocycles. The lowest BCUT2D eigenvalue weighted by Crippen LogP contribution is -2.06. The minimum atomic E-state index is 0.813. The maximum Gasteiger partial charge on any atom is -0.0195 e. The lowest BCUT2D eigenvalue weighted by atomic mass is 9.86. The summed E-state index contributed by atoms with van der Waals surface area (Å²) in [5.41, 5.74) is 1.78. The van der Waals surface area contributed by atoms with Crippen molar-refractivity contribution in [3.63, 3.8) is 0 Å². The largest absolute Gasteiger partial charge is 0.103 e. The molecule has 1 saturated carbocycles. The smallest absolute Gasteiger partial charge is 0.0195 e. The predicted molar refractivity (Wildman–Crippen MR) is 57.5 cm³/mol. The number of allylic oxidation sites excluding steroid dienone is 3. The molecule has 72 valence electrons. The van der Waals surface area contributed by atoms with E-state index in [1.54, 1.807) is 5.57 Å². The van der Waals surface area contributed by atoms with E-state index in [-0.39, 0.29) is 0 Å². The molecule has 0 spiro atoms. The van der Waals surface area contributed by atoms with Gasteiger partial charge in [-0.2, -0.15) is 0 Å². The van der Waals surface area contributed by atoms with E-state index in [1.165, 1.54) is 32.1 Å². The molecular formula is C13H20. The summed E-state index contributed by atoms with van der Waals surface area (Å²) in [4.78, 5) is 0. The number of hydrogen-bond acceptors (Lipinski definition) is 0. The monoisotopic (exact) mass is 176 g/mol. The molecule has 2 aliphatic rings. The summed E-state index contributed by atoms with van der Waals surface area (Å²) in [6, 6.07) is 0. The number of rotatable bonds is 4. The molecule has 0 nitrogen and oxygen atoms in total. The van der Waals surface area contributed by atoms with Crippen molar-refractivity contribution >= 4 is 0 Å². The number of fused-ring (bicyclic) bond motifs is 2. The van der Waals surface area contributed by atoms with E-state index in [9.17, 15) is 0 Å². The molecule has 13 heavy (non-hydrogen) atoms. The van der Waals surface area contributed by atoms with Crippen molar-refractivity contribution in [2.45, 2.75) is 39.0 Å². The SMILES string of the molecule is C=CCCC(C)C1=CC2CCC1C2. The third-order valence-corrected chi connectivity index (χ3v) is 3.75. The summed E-state index contributed by atoms with van der Waals surface area (Å²) < 4.78 is 0. The average molecular weight is 176 g/mol. The van der Waals surface area contributed by atoms with Crippen LogP contribution in [0.4, 0.5) is 0 Å². The van der Waals surface area contributed by atoms with Crippen LogP contribution in [0, 0.1) is 17.8 Å². The van der Waals surface area contributed by atoms with Crippen molar-refractivity contribution < 1.29 is 0 Å². The standard InChI is InChI=1S/C13H20/c1-3-4-5-10(2)13-9-11-6-7-12(13)8-11/h3,9-12H,1,4-8H2,2H3. The lowest BCUT2D eigenvalue weighted by Gasteiger charge is -2.19. The highest BCUT2D eigenvalue weighted by Gasteiger charge is 2.34. The molecule has 0 aromatic rings. The highest BCUT2D eigenvalue weighted by atomic mass is 14.4. The first kappa shape index (κ1) is 9.05. The molecule has 2 bridgehead atoms. The van der Waals surface area contributed by atoms with Crippen molar-refractivity contribution in [3.05, 3.63) is 24.3 Å². The third kappa shape index (κ3) is 1.72. The molecule has 3 unspecified atom stereocenters. The summed E-state index contributed by atoms with van der Waals surface area (Å²) in [7, 11) is 0. The van der Waals surface area contributed by atoms with Gasteiger partial charge in [-0.05, 0) is 49.9 Å². The third-order valence-electron chi connectivity index (χ3n) is 3.75. The van der Waals surface area contributed by atoms with Gasteiger partial charge in [-0.15, -0.1) is 6.58 Å². The van der Waals surface area contributed by atoms with Crippen LogP contribution in [0.3, 0.4) is 0 Å². The van der Waals surface area contributed by atoms with Crippen molar-refractivity contribution in [1.82, 2.24) is 0 Å². The topological polar surface area (TPSA) is 0 Å². The molecule has 0 N–H and O–H groups in total. The van der Waals surface area contributed by atoms with Crippen LogP contribution in [0.25, 0.3) is 0 Å². The molecule has 0 saturated heterocycles. The van der Waals surface area contributed by atoms with Crippen LogP contribution < -0.4 is 0 Å². The Bertz CT molecular complexity index is 224. The molecule has 0 aromatic heterocycles. The minimum absolute atomic E-state index is 0.813. The molecule has 2 rings (SSSR count). The summed E-state index contributed by atoms with van der Waals surface area (Å²) in [6.07, 6.45) is 11.5. The van der Waals surface area contributed by atoms with Gasteiger partial charge in [0.15, 0.2) is 0 Å². The van der Waals surface area contributed by atoms with Gasteiger partial charge >= 0.3 is 0 Å². The Hall–Kier alpha value is -0.520. The first-order valence-corrected chi connectivity index (χ1v) is 5.63. The van der Waals surface area contributed by atoms with E-state index in [2.05, 4.69) is 19.6 Å². The second kappa shape index (κ2) is 3.69. The van der Waals surface area contributed by atoms with Crippen LogP contribution in [0.5, 0.6) is 0 Å². The fourth-order valence-corrected chi connectivity index (χ4v) is 2.98. The highest BCUT2D eigenvalue weighted by molar-refractivity contribution is 5.21. The van der Waals surface area contributed by atoms with Crippen LogP contribution in [0.1, 0.15) is 39.0 Å². The van der Waals surface area contributed by atoms with Gasteiger partial charge in [0.2, 0.25) is 0 Å². The first-order valence-electron chi connectivity index (χ1n) is 5.63. The summed E-state index contributed by atoms with van der Waals surface area (Å²) in [6.45, 7) is 6.17. The summed E-state index contributed by atoms with van der Waals surface area (Å²) >= 11 is 0. The van der Waals surface area contributed by atoms with Crippen LogP contribution in [-0.4, -0.2) is 0 Å². The zero-order valence-corrected chi connectivity index (χ0v) is 8.63. The Morgan fingerprint density at radius 3 is 3.00 bits per heavy atom. The normalized spacial score (nSPS) is 33.2. The van der Waals surface area contributed by atoms with E-state index >= 15 is 0 Å². The number of hydrogen-bond donors (Lipinski definition) is 0. The van der Waals surface area contributed by atoms with Crippen molar-refractivity contribution in [3.8, 4) is 0 Å². The minimum Gasteiger partial charge on any atom is -0.103 e. The maximum absolute atomic E-state index is 3.79. The second-order valence-corrected chi connectivity index (χ2v) is 4.70. The van der Waals surface area contributed by atoms with E-state index < -0.39 is 0 Å². The van der Waals surface area contributed by atoms with E-state index in [0.29, 0.717) is 0 Å². The zero-order valence-electron chi connectivity index (χ0n) is 8.63. The van der Waals surface area contributed by atoms with Crippen LogP contribution >= 0.6 is 0 Å². The van der Waals surface area contributed by atoms with Crippen molar-refractivity contribution in [2.75, 3.05) is 0 Å². The lowest BCUT2D eigenvalue weighted by molar-refractivity contribution is 0.520. The molecule has 1 fully saturated rings. The van der Waals surface area contributed by atoms with Gasteiger partial charge in [-0.25, -0.2) is 0 Å². The summed E-state index contributed by atoms with van der Waals surface area (Å²) in [5.74, 6) is 2.73. The van der Waals surface area contributed by atoms with E-state index in [0.717, 1.165) is 17.8 Å². The quantitative estimate of drug-likeness (QED) is 0.569. The van der Waals surface area contributed by atoms with Gasteiger partial charge in [-0.1, -0.05) is 24.6 Å². The molecule has 0 radical (unpaired) electrons. The van der Waals surface area contributed by atoms with Crippen molar-refractivity contribution in [2.24, 2.45) is 17.8 Å². The van der Waals surface area contributed by atoms with Crippen LogP contribution in [0.2, 0.25) is 0 Å². The molecular weight excluding hydrogens is 156 g/mol. The second-order valence-electron chi connectivity index (χ2n) is 4.70. The average Bonchev–Trinajstić information content (AvgIpc) is 2.74. The van der Waals surface area contributed by atoms with Gasteiger partial charge in [0.1, 0.15) is 0 Å². The Morgan fingerprint density at radius 1 is 1.62 bits per heavy atom. The Labute approximate surface area is 81.7 Å². The van der Waals surface area contributed by atoms with E-state index in [4.69, 9.17) is 0 Å². The Kier molecular flexibility index (Phi) is 2.57. The van der Waals surface area contributed by atoms with Gasteiger partial charge < -0.3 is 0 Å². The predicted octanol–water partition coefficient (Wildman–Crippen LogP) is 3.95. The molecule has 0 heteroatoms. The van der Waals surface area contributed by atoms with Crippen molar-refractivity contribution in [1.29, 1.82) is 0 Å². The summed E-state index contributed by atoms with van der Waals surface area (Å²) in [5, 5.41) is 0. The zero-order chi connectivity index (χ0) is 9.26. The van der Waals surface area contributed by atoms with Gasteiger partial charge in [0.25, 0.3) is 0 Å². The molecule has 0 aromatic carbocycles.